The molecule has 200 valence electrons. The first kappa shape index (κ1) is 28.5. The molecule has 3 aromatic rings. The Hall–Kier alpha value is -4.02. The van der Waals surface area contributed by atoms with Gasteiger partial charge in [-0.2, -0.15) is 0 Å². The van der Waals surface area contributed by atoms with Crippen molar-refractivity contribution in [2.75, 3.05) is 18.1 Å². The van der Waals surface area contributed by atoms with Crippen molar-refractivity contribution in [3.8, 4) is 11.5 Å². The fourth-order valence-electron chi connectivity index (χ4n) is 3.95. The third-order valence-electron chi connectivity index (χ3n) is 5.84. The Morgan fingerprint density at radius 2 is 1.92 bits per heavy atom. The number of nitrogens with two attached hydrogens (primary N) is 1. The number of nitro benzene ring substituents is 1. The van der Waals surface area contributed by atoms with E-state index in [4.69, 9.17) is 32.2 Å². The molecule has 4 N–H and O–H groups in total. The molecule has 1 atom stereocenters. The van der Waals surface area contributed by atoms with E-state index in [0.29, 0.717) is 29.4 Å². The molecular formula is C26H27Cl2N5O5. The number of guanidine groups is 1. The summed E-state index contributed by atoms with van der Waals surface area (Å²) in [5, 5.41) is 21.8. The highest BCUT2D eigenvalue weighted by Gasteiger charge is 2.35. The van der Waals surface area contributed by atoms with Gasteiger partial charge < -0.3 is 25.4 Å². The zero-order valence-electron chi connectivity index (χ0n) is 20.3. The van der Waals surface area contributed by atoms with Gasteiger partial charge in [0.05, 0.1) is 29.8 Å². The number of carbonyl (C=O) groups is 1. The summed E-state index contributed by atoms with van der Waals surface area (Å²) >= 11 is 6.33. The quantitative estimate of drug-likeness (QED) is 0.144. The minimum Gasteiger partial charge on any atom is -0.493 e. The molecule has 3 aromatic carbocycles. The van der Waals surface area contributed by atoms with Gasteiger partial charge in [0, 0.05) is 24.1 Å². The predicted octanol–water partition coefficient (Wildman–Crippen LogP) is 4.46. The maximum absolute atomic E-state index is 13.4. The Morgan fingerprint density at radius 3 is 2.61 bits per heavy atom. The van der Waals surface area contributed by atoms with E-state index in [1.54, 1.807) is 12.1 Å². The second kappa shape index (κ2) is 13.0. The zero-order chi connectivity index (χ0) is 26.4. The molecule has 10 nitrogen and oxygen atoms in total. The second-order valence-electron chi connectivity index (χ2n) is 8.40. The van der Waals surface area contributed by atoms with Crippen LogP contribution in [0.15, 0.2) is 66.7 Å². The number of benzene rings is 3. The summed E-state index contributed by atoms with van der Waals surface area (Å²) in [5.41, 5.74) is 7.41. The van der Waals surface area contributed by atoms with Gasteiger partial charge in [-0.05, 0) is 41.8 Å². The van der Waals surface area contributed by atoms with Crippen molar-refractivity contribution in [3.05, 3.63) is 93.0 Å². The lowest BCUT2D eigenvalue weighted by atomic mass is 10.1. The first-order chi connectivity index (χ1) is 17.8. The number of halogens is 2. The number of nitrogens with one attached hydrogen (secondary N) is 2. The summed E-state index contributed by atoms with van der Waals surface area (Å²) in [6.07, 6.45) is 0.0652. The SMILES string of the molecule is Cl.N=C(N)NCCc1ccc(OCCC2Oc3cc([N+](=O)[O-])ccc3N(Cc3ccccc3Cl)C2=O)cc1. The first-order valence-corrected chi connectivity index (χ1v) is 12.0. The topological polar surface area (TPSA) is 144 Å². The van der Waals surface area contributed by atoms with Crippen molar-refractivity contribution in [1.82, 2.24) is 5.32 Å². The summed E-state index contributed by atoms with van der Waals surface area (Å²) in [6, 6.07) is 18.9. The lowest BCUT2D eigenvalue weighted by molar-refractivity contribution is -0.384. The molecule has 1 aliphatic rings. The Bertz CT molecular complexity index is 1310. The lowest BCUT2D eigenvalue weighted by Crippen LogP contribution is -2.46. The summed E-state index contributed by atoms with van der Waals surface area (Å²) in [4.78, 5) is 25.7. The highest BCUT2D eigenvalue weighted by atomic mass is 35.5. The molecule has 0 saturated heterocycles. The van der Waals surface area contributed by atoms with Gasteiger partial charge >= 0.3 is 0 Å². The first-order valence-electron chi connectivity index (χ1n) is 11.6. The third-order valence-corrected chi connectivity index (χ3v) is 6.21. The second-order valence-corrected chi connectivity index (χ2v) is 8.81. The van der Waals surface area contributed by atoms with E-state index >= 15 is 0 Å². The summed E-state index contributed by atoms with van der Waals surface area (Å²) in [5.74, 6) is 0.546. The van der Waals surface area contributed by atoms with Gasteiger partial charge in [0.1, 0.15) is 5.75 Å². The number of carbonyl (C=O) groups excluding carboxylic acids is 1. The number of amides is 1. The van der Waals surface area contributed by atoms with E-state index in [0.717, 1.165) is 11.1 Å². The largest absolute Gasteiger partial charge is 0.493 e. The number of nitrogens with zero attached hydrogens (tertiary/aromatic N) is 2. The van der Waals surface area contributed by atoms with Crippen LogP contribution in [0.1, 0.15) is 17.5 Å². The third kappa shape index (κ3) is 7.05. The van der Waals surface area contributed by atoms with E-state index in [1.807, 2.05) is 36.4 Å². The molecule has 0 aromatic heterocycles. The van der Waals surface area contributed by atoms with Crippen LogP contribution < -0.4 is 25.4 Å². The standard InChI is InChI=1S/C26H26ClN5O5.ClH/c27-21-4-2-1-3-18(21)16-31-22-10-7-19(32(34)35)15-24(22)37-23(25(31)33)12-14-36-20-8-5-17(6-9-20)11-13-30-26(28)29;/h1-10,15,23H,11-14,16H2,(H4,28,29,30);1H. The summed E-state index contributed by atoms with van der Waals surface area (Å²) in [6.45, 7) is 0.955. The number of hydrogen-bond donors (Lipinski definition) is 3. The van der Waals surface area contributed by atoms with Crippen molar-refractivity contribution in [3.63, 3.8) is 0 Å². The van der Waals surface area contributed by atoms with Crippen LogP contribution in [-0.2, 0) is 17.8 Å². The van der Waals surface area contributed by atoms with Crippen molar-refractivity contribution < 1.29 is 19.2 Å². The fourth-order valence-corrected chi connectivity index (χ4v) is 4.15. The van der Waals surface area contributed by atoms with E-state index in [9.17, 15) is 14.9 Å². The minimum absolute atomic E-state index is 0. The molecule has 38 heavy (non-hydrogen) atoms. The van der Waals surface area contributed by atoms with Gasteiger partial charge in [0.15, 0.2) is 17.8 Å². The van der Waals surface area contributed by atoms with Gasteiger partial charge in [-0.1, -0.05) is 41.9 Å². The van der Waals surface area contributed by atoms with Crippen LogP contribution in [0, 0.1) is 15.5 Å². The molecule has 1 aliphatic heterocycles. The molecule has 0 aliphatic carbocycles. The average Bonchev–Trinajstić information content (AvgIpc) is 2.87. The van der Waals surface area contributed by atoms with Crippen molar-refractivity contribution >= 4 is 47.2 Å². The molecule has 1 heterocycles. The smallest absolute Gasteiger partial charge is 0.273 e. The van der Waals surface area contributed by atoms with Gasteiger partial charge in [0.25, 0.3) is 11.6 Å². The lowest BCUT2D eigenvalue weighted by Gasteiger charge is -2.34. The molecule has 1 unspecified atom stereocenters. The number of hydrogen-bond acceptors (Lipinski definition) is 6. The minimum atomic E-state index is -0.881. The van der Waals surface area contributed by atoms with Crippen LogP contribution in [0.25, 0.3) is 0 Å². The zero-order valence-corrected chi connectivity index (χ0v) is 21.8. The highest BCUT2D eigenvalue weighted by molar-refractivity contribution is 6.31. The van der Waals surface area contributed by atoms with Crippen LogP contribution in [0.2, 0.25) is 5.02 Å². The van der Waals surface area contributed by atoms with Gasteiger partial charge in [-0.3, -0.25) is 20.3 Å². The van der Waals surface area contributed by atoms with E-state index in [2.05, 4.69) is 5.32 Å². The van der Waals surface area contributed by atoms with E-state index in [1.165, 1.54) is 23.1 Å². The van der Waals surface area contributed by atoms with Crippen LogP contribution in [0.5, 0.6) is 11.5 Å². The van der Waals surface area contributed by atoms with Gasteiger partial charge in [0.2, 0.25) is 0 Å². The molecule has 4 rings (SSSR count). The monoisotopic (exact) mass is 559 g/mol. The molecule has 0 fully saturated rings. The van der Waals surface area contributed by atoms with Crippen molar-refractivity contribution in [2.24, 2.45) is 5.73 Å². The number of anilines is 1. The molecule has 0 spiro atoms. The fraction of sp³-hybridized carbons (Fsp3) is 0.231. The summed E-state index contributed by atoms with van der Waals surface area (Å²) in [7, 11) is 0. The average molecular weight is 560 g/mol. The van der Waals surface area contributed by atoms with E-state index < -0.39 is 11.0 Å². The molecule has 0 saturated carbocycles. The molecule has 0 bridgehead atoms. The maximum Gasteiger partial charge on any atom is 0.273 e. The van der Waals surface area contributed by atoms with Crippen molar-refractivity contribution in [2.45, 2.75) is 25.5 Å². The van der Waals surface area contributed by atoms with Crippen LogP contribution in [-0.4, -0.2) is 36.0 Å². The number of non-ortho nitro benzene ring substituents is 1. The number of fused-ring (bicyclic) bond motifs is 1. The molecule has 12 heteroatoms. The molecule has 1 amide bonds. The van der Waals surface area contributed by atoms with Crippen LogP contribution >= 0.6 is 24.0 Å². The normalized spacial score (nSPS) is 14.1. The Balaban J connectivity index is 0.00000400. The maximum atomic E-state index is 13.4. The molecular weight excluding hydrogens is 533 g/mol. The number of nitro groups is 1. The highest BCUT2D eigenvalue weighted by Crippen LogP contribution is 2.39. The Kier molecular flexibility index (Phi) is 9.75. The molecule has 0 radical (unpaired) electrons. The van der Waals surface area contributed by atoms with E-state index in [-0.39, 0.29) is 55.3 Å². The Morgan fingerprint density at radius 1 is 1.18 bits per heavy atom. The van der Waals surface area contributed by atoms with Gasteiger partial charge in [-0.25, -0.2) is 0 Å². The van der Waals surface area contributed by atoms with Crippen molar-refractivity contribution in [1.29, 1.82) is 5.41 Å². The van der Waals surface area contributed by atoms with Gasteiger partial charge in [-0.15, -0.1) is 12.4 Å². The Labute approximate surface area is 230 Å². The predicted molar refractivity (Wildman–Crippen MR) is 148 cm³/mol. The summed E-state index contributed by atoms with van der Waals surface area (Å²) < 4.78 is 11.7. The van der Waals surface area contributed by atoms with Crippen LogP contribution in [0.4, 0.5) is 11.4 Å². The number of ether oxygens (including phenoxy) is 2. The van der Waals surface area contributed by atoms with Crippen LogP contribution in [0.3, 0.4) is 0 Å². The number of rotatable bonds is 10.